The molecule has 3 radical (unpaired) electrons. The SMILES string of the molecule is [B-][NH+](CCNC(C)(C)C)C(C)(C)C. The molecular formula is C10H24BN2. The molecule has 0 aliphatic carbocycles. The van der Waals surface area contributed by atoms with Crippen molar-refractivity contribution in [3.63, 3.8) is 0 Å². The molecule has 0 saturated carbocycles. The quantitative estimate of drug-likeness (QED) is 0.595. The summed E-state index contributed by atoms with van der Waals surface area (Å²) >= 11 is 0. The second-order valence-electron chi connectivity index (χ2n) is 5.70. The zero-order valence-electron chi connectivity index (χ0n) is 9.99. The van der Waals surface area contributed by atoms with Gasteiger partial charge < -0.3 is 10.1 Å². The summed E-state index contributed by atoms with van der Waals surface area (Å²) in [6, 6.07) is 0. The van der Waals surface area contributed by atoms with E-state index in [1.165, 1.54) is 0 Å². The van der Waals surface area contributed by atoms with Crippen LogP contribution < -0.4 is 10.1 Å². The molecule has 0 heterocycles. The first-order chi connectivity index (χ1) is 5.63. The van der Waals surface area contributed by atoms with Crippen molar-refractivity contribution in [3.8, 4) is 0 Å². The fourth-order valence-corrected chi connectivity index (χ4v) is 0.947. The van der Waals surface area contributed by atoms with Crippen LogP contribution in [0.4, 0.5) is 0 Å². The summed E-state index contributed by atoms with van der Waals surface area (Å²) < 4.78 is 0. The van der Waals surface area contributed by atoms with Crippen molar-refractivity contribution < 1.29 is 4.81 Å². The lowest BCUT2D eigenvalue weighted by atomic mass is 10.0. The summed E-state index contributed by atoms with van der Waals surface area (Å²) in [6.07, 6.45) is 0. The molecule has 2 nitrogen and oxygen atoms in total. The Morgan fingerprint density at radius 1 is 1.08 bits per heavy atom. The van der Waals surface area contributed by atoms with E-state index in [4.69, 9.17) is 7.98 Å². The molecule has 0 bridgehead atoms. The van der Waals surface area contributed by atoms with Gasteiger partial charge in [-0.2, -0.15) is 0 Å². The van der Waals surface area contributed by atoms with Gasteiger partial charge in [0.1, 0.15) is 0 Å². The molecule has 0 aromatic heterocycles. The highest BCUT2D eigenvalue weighted by Crippen LogP contribution is 1.96. The molecular weight excluding hydrogens is 159 g/mol. The Hall–Kier alpha value is -0.0151. The van der Waals surface area contributed by atoms with Crippen molar-refractivity contribution >= 4 is 7.98 Å². The van der Waals surface area contributed by atoms with E-state index in [9.17, 15) is 0 Å². The Kier molecular flexibility index (Phi) is 4.47. The lowest BCUT2D eigenvalue weighted by Crippen LogP contribution is -3.18. The molecule has 77 valence electrons. The van der Waals surface area contributed by atoms with Gasteiger partial charge in [-0.1, -0.05) is 0 Å². The minimum atomic E-state index is 0.138. The van der Waals surface area contributed by atoms with Crippen LogP contribution in [0.1, 0.15) is 41.5 Å². The van der Waals surface area contributed by atoms with Crippen LogP contribution in [0.15, 0.2) is 0 Å². The fourth-order valence-electron chi connectivity index (χ4n) is 0.947. The van der Waals surface area contributed by atoms with Crippen molar-refractivity contribution in [2.45, 2.75) is 52.6 Å². The standard InChI is InChI=1S/C10H24BN2/c1-9(2,3)12-7-8-13(11)10(4,5)6/h12-13H,7-8H2,1-6H3. The minimum Gasteiger partial charge on any atom is -0.593 e. The molecule has 13 heavy (non-hydrogen) atoms. The average molecular weight is 183 g/mol. The van der Waals surface area contributed by atoms with Gasteiger partial charge in [0.2, 0.25) is 0 Å². The van der Waals surface area contributed by atoms with E-state index >= 15 is 0 Å². The highest BCUT2D eigenvalue weighted by molar-refractivity contribution is 5.95. The van der Waals surface area contributed by atoms with Gasteiger partial charge in [0.15, 0.2) is 0 Å². The molecule has 0 aromatic rings. The molecule has 0 aromatic carbocycles. The zero-order valence-corrected chi connectivity index (χ0v) is 9.99. The summed E-state index contributed by atoms with van der Waals surface area (Å²) in [7, 11) is 5.96. The molecule has 0 saturated heterocycles. The number of hydrogen-bond acceptors (Lipinski definition) is 1. The van der Waals surface area contributed by atoms with E-state index in [1.807, 2.05) is 0 Å². The highest BCUT2D eigenvalue weighted by atomic mass is 15.1. The van der Waals surface area contributed by atoms with Crippen LogP contribution in [0.2, 0.25) is 0 Å². The van der Waals surface area contributed by atoms with Gasteiger partial charge in [0, 0.05) is 24.2 Å². The average Bonchev–Trinajstić information content (AvgIpc) is 1.82. The Balaban J connectivity index is 3.67. The predicted molar refractivity (Wildman–Crippen MR) is 59.1 cm³/mol. The fraction of sp³-hybridized carbons (Fsp3) is 1.00. The zero-order chi connectivity index (χ0) is 10.7. The second-order valence-corrected chi connectivity index (χ2v) is 5.70. The smallest absolute Gasteiger partial charge is 0.0438 e. The Labute approximate surface area is 84.5 Å². The Morgan fingerprint density at radius 3 is 1.85 bits per heavy atom. The monoisotopic (exact) mass is 183 g/mol. The van der Waals surface area contributed by atoms with Gasteiger partial charge in [-0.15, -0.1) is 0 Å². The normalized spacial score (nSPS) is 15.9. The third kappa shape index (κ3) is 7.09. The van der Waals surface area contributed by atoms with Crippen LogP contribution in [0.25, 0.3) is 0 Å². The van der Waals surface area contributed by atoms with Crippen LogP contribution in [0.5, 0.6) is 0 Å². The maximum atomic E-state index is 5.96. The maximum Gasteiger partial charge on any atom is 0.0438 e. The molecule has 0 aliphatic heterocycles. The van der Waals surface area contributed by atoms with E-state index in [0.29, 0.717) is 0 Å². The number of rotatable bonds is 3. The van der Waals surface area contributed by atoms with Crippen molar-refractivity contribution in [2.24, 2.45) is 0 Å². The van der Waals surface area contributed by atoms with Crippen LogP contribution >= 0.6 is 0 Å². The first kappa shape index (κ1) is 13.0. The van der Waals surface area contributed by atoms with Crippen LogP contribution in [0.3, 0.4) is 0 Å². The number of quaternary nitrogens is 1. The summed E-state index contributed by atoms with van der Waals surface area (Å²) in [5.74, 6) is 0. The van der Waals surface area contributed by atoms with E-state index in [1.54, 1.807) is 0 Å². The van der Waals surface area contributed by atoms with Crippen molar-refractivity contribution in [1.82, 2.24) is 5.32 Å². The Bertz CT molecular complexity index is 144. The maximum absolute atomic E-state index is 5.96. The topological polar surface area (TPSA) is 16.5 Å². The first-order valence-electron chi connectivity index (χ1n) is 5.00. The lowest BCUT2D eigenvalue weighted by molar-refractivity contribution is -0.832. The second kappa shape index (κ2) is 4.47. The molecule has 0 fully saturated rings. The van der Waals surface area contributed by atoms with Crippen LogP contribution in [-0.2, 0) is 0 Å². The summed E-state index contributed by atoms with van der Waals surface area (Å²) in [5, 5.41) is 3.42. The summed E-state index contributed by atoms with van der Waals surface area (Å²) in [4.78, 5) is 1.07. The number of nitrogens with one attached hydrogen (secondary N) is 2. The molecule has 3 heteroatoms. The van der Waals surface area contributed by atoms with Gasteiger partial charge in [-0.3, -0.25) is 0 Å². The van der Waals surface area contributed by atoms with Crippen molar-refractivity contribution in [1.29, 1.82) is 0 Å². The van der Waals surface area contributed by atoms with Crippen molar-refractivity contribution in [2.75, 3.05) is 13.1 Å². The molecule has 0 spiro atoms. The van der Waals surface area contributed by atoms with Crippen LogP contribution in [-0.4, -0.2) is 32.1 Å². The predicted octanol–water partition coefficient (Wildman–Crippen LogP) is 0.141. The minimum absolute atomic E-state index is 0.138. The summed E-state index contributed by atoms with van der Waals surface area (Å²) in [5.41, 5.74) is 0.331. The molecule has 0 rings (SSSR count). The van der Waals surface area contributed by atoms with Gasteiger partial charge in [-0.05, 0) is 41.5 Å². The van der Waals surface area contributed by atoms with Gasteiger partial charge in [-0.25, -0.2) is 7.98 Å². The third-order valence-electron chi connectivity index (χ3n) is 2.01. The van der Waals surface area contributed by atoms with Crippen LogP contribution in [0, 0.1) is 0 Å². The molecule has 1 atom stereocenters. The molecule has 2 N–H and O–H groups in total. The third-order valence-corrected chi connectivity index (χ3v) is 2.01. The van der Waals surface area contributed by atoms with E-state index < -0.39 is 0 Å². The highest BCUT2D eigenvalue weighted by Gasteiger charge is 2.13. The molecule has 0 aliphatic rings. The summed E-state index contributed by atoms with van der Waals surface area (Å²) in [6.45, 7) is 14.9. The molecule has 0 amide bonds. The van der Waals surface area contributed by atoms with E-state index in [-0.39, 0.29) is 11.1 Å². The van der Waals surface area contributed by atoms with Crippen molar-refractivity contribution in [3.05, 3.63) is 0 Å². The van der Waals surface area contributed by atoms with Gasteiger partial charge in [0.25, 0.3) is 0 Å². The van der Waals surface area contributed by atoms with E-state index in [2.05, 4.69) is 46.9 Å². The van der Waals surface area contributed by atoms with Gasteiger partial charge >= 0.3 is 0 Å². The van der Waals surface area contributed by atoms with Gasteiger partial charge in [0.05, 0.1) is 0 Å². The largest absolute Gasteiger partial charge is 0.593 e. The lowest BCUT2D eigenvalue weighted by Gasteiger charge is -2.41. The Morgan fingerprint density at radius 2 is 1.54 bits per heavy atom. The molecule has 1 unspecified atom stereocenters. The van der Waals surface area contributed by atoms with E-state index in [0.717, 1.165) is 17.9 Å². The number of hydrogen-bond donors (Lipinski definition) is 2. The first-order valence-corrected chi connectivity index (χ1v) is 5.00.